The Morgan fingerprint density at radius 2 is 1.86 bits per heavy atom. The van der Waals surface area contributed by atoms with Crippen molar-refractivity contribution in [1.82, 2.24) is 9.97 Å². The molecule has 0 saturated carbocycles. The molecule has 1 aromatic heterocycles. The first-order chi connectivity index (χ1) is 14.2. The van der Waals surface area contributed by atoms with Crippen molar-refractivity contribution < 1.29 is 5.11 Å². The van der Waals surface area contributed by atoms with Crippen LogP contribution in [-0.2, 0) is 0 Å². The second-order valence-electron chi connectivity index (χ2n) is 6.50. The van der Waals surface area contributed by atoms with Gasteiger partial charge in [-0.1, -0.05) is 24.3 Å². The lowest BCUT2D eigenvalue weighted by Gasteiger charge is -2.33. The van der Waals surface area contributed by atoms with Crippen LogP contribution in [0.1, 0.15) is 17.0 Å². The smallest absolute Gasteiger partial charge is 0.160 e. The molecule has 2 heterocycles. The lowest BCUT2D eigenvalue weighted by atomic mass is 9.94. The van der Waals surface area contributed by atoms with Crippen LogP contribution in [0.3, 0.4) is 0 Å². The van der Waals surface area contributed by atoms with Crippen LogP contribution in [0.5, 0.6) is 0 Å². The summed E-state index contributed by atoms with van der Waals surface area (Å²) >= 11 is 0. The van der Waals surface area contributed by atoms with Gasteiger partial charge in [-0.3, -0.25) is 0 Å². The van der Waals surface area contributed by atoms with E-state index in [4.69, 9.17) is 0 Å². The van der Waals surface area contributed by atoms with E-state index in [2.05, 4.69) is 21.4 Å². The van der Waals surface area contributed by atoms with Gasteiger partial charge in [0.1, 0.15) is 0 Å². The number of nitriles is 1. The molecule has 3 aromatic rings. The zero-order valence-corrected chi connectivity index (χ0v) is 15.8. The molecule has 1 unspecified atom stereocenters. The van der Waals surface area contributed by atoms with Gasteiger partial charge >= 0.3 is 0 Å². The second-order valence-corrected chi connectivity index (χ2v) is 6.50. The molecule has 29 heavy (non-hydrogen) atoms. The number of nitrogens with zero attached hydrogens (tertiary/aromatic N) is 4. The molecule has 0 spiro atoms. The Morgan fingerprint density at radius 3 is 2.62 bits per heavy atom. The van der Waals surface area contributed by atoms with Gasteiger partial charge in [0.2, 0.25) is 0 Å². The van der Waals surface area contributed by atoms with E-state index < -0.39 is 6.23 Å². The highest BCUT2D eigenvalue weighted by Crippen LogP contribution is 2.35. The zero-order chi connectivity index (χ0) is 20.2. The van der Waals surface area contributed by atoms with Crippen molar-refractivity contribution >= 4 is 22.5 Å². The Balaban J connectivity index is 1.88. The van der Waals surface area contributed by atoms with Crippen molar-refractivity contribution in [2.24, 2.45) is 0 Å². The third-order valence-electron chi connectivity index (χ3n) is 4.75. The number of hydrogen-bond acceptors (Lipinski definition) is 6. The van der Waals surface area contributed by atoms with E-state index in [9.17, 15) is 10.4 Å². The summed E-state index contributed by atoms with van der Waals surface area (Å²) in [6.07, 6.45) is 6.06. The van der Waals surface area contributed by atoms with Crippen LogP contribution in [0.15, 0.2) is 79.3 Å². The van der Waals surface area contributed by atoms with Crippen LogP contribution in [0, 0.1) is 11.3 Å². The summed E-state index contributed by atoms with van der Waals surface area (Å²) in [5, 5.41) is 23.9. The molecule has 6 nitrogen and oxygen atoms in total. The van der Waals surface area contributed by atoms with Crippen LogP contribution in [-0.4, -0.2) is 28.4 Å². The molecule has 142 valence electrons. The van der Waals surface area contributed by atoms with Gasteiger partial charge in [-0.2, -0.15) is 5.26 Å². The number of aliphatic hydroxyl groups excluding tert-OH is 1. The number of benzene rings is 2. The van der Waals surface area contributed by atoms with Crippen LogP contribution in [0.25, 0.3) is 11.1 Å². The SMILES string of the molecule is CNc1cccc(N2C=C(c3ncccn3)C=C(c3ccccc3C#N)C2O)c1. The van der Waals surface area contributed by atoms with Gasteiger partial charge in [0, 0.05) is 48.2 Å². The number of nitrogens with one attached hydrogen (secondary N) is 1. The standard InChI is InChI=1S/C23H19N5O/c1-25-18-7-4-8-19(13-18)28-15-17(22-26-10-5-11-27-22)12-21(23(28)29)20-9-3-2-6-16(20)14-24/h2-13,15,23,25,29H,1H3. The Labute approximate surface area is 169 Å². The molecular weight excluding hydrogens is 362 g/mol. The Morgan fingerprint density at radius 1 is 1.07 bits per heavy atom. The van der Waals surface area contributed by atoms with E-state index >= 15 is 0 Å². The minimum atomic E-state index is -0.968. The lowest BCUT2D eigenvalue weighted by molar-refractivity contribution is 0.236. The maximum absolute atomic E-state index is 11.2. The Hall–Kier alpha value is -3.95. The molecule has 0 saturated heterocycles. The van der Waals surface area contributed by atoms with Crippen molar-refractivity contribution in [3.05, 3.63) is 96.2 Å². The van der Waals surface area contributed by atoms with Crippen molar-refractivity contribution in [3.8, 4) is 6.07 Å². The fraction of sp³-hybridized carbons (Fsp3) is 0.0870. The first-order valence-corrected chi connectivity index (χ1v) is 9.16. The summed E-state index contributed by atoms with van der Waals surface area (Å²) in [6.45, 7) is 0. The zero-order valence-electron chi connectivity index (χ0n) is 15.8. The highest BCUT2D eigenvalue weighted by atomic mass is 16.3. The second kappa shape index (κ2) is 7.97. The molecule has 1 aliphatic rings. The quantitative estimate of drug-likeness (QED) is 0.718. The number of anilines is 2. The third kappa shape index (κ3) is 3.59. The number of allylic oxidation sites excluding steroid dienone is 2. The molecule has 2 aromatic carbocycles. The van der Waals surface area contributed by atoms with Gasteiger partial charge < -0.3 is 15.3 Å². The monoisotopic (exact) mass is 381 g/mol. The summed E-state index contributed by atoms with van der Waals surface area (Å²) in [7, 11) is 1.85. The lowest BCUT2D eigenvalue weighted by Crippen LogP contribution is -2.34. The Bertz CT molecular complexity index is 1130. The molecule has 4 rings (SSSR count). The van der Waals surface area contributed by atoms with E-state index in [0.717, 1.165) is 16.9 Å². The van der Waals surface area contributed by atoms with Crippen LogP contribution in [0.4, 0.5) is 11.4 Å². The molecule has 0 amide bonds. The third-order valence-corrected chi connectivity index (χ3v) is 4.75. The van der Waals surface area contributed by atoms with Gasteiger partial charge in [0.05, 0.1) is 11.6 Å². The van der Waals surface area contributed by atoms with Gasteiger partial charge in [-0.25, -0.2) is 9.97 Å². The van der Waals surface area contributed by atoms with Crippen LogP contribution in [0.2, 0.25) is 0 Å². The highest BCUT2D eigenvalue weighted by molar-refractivity contribution is 5.90. The first-order valence-electron chi connectivity index (χ1n) is 9.16. The number of hydrogen-bond donors (Lipinski definition) is 2. The molecule has 0 radical (unpaired) electrons. The fourth-order valence-electron chi connectivity index (χ4n) is 3.31. The minimum Gasteiger partial charge on any atom is -0.388 e. The van der Waals surface area contributed by atoms with Gasteiger partial charge in [-0.05, 0) is 42.0 Å². The van der Waals surface area contributed by atoms with E-state index in [1.807, 2.05) is 61.8 Å². The average molecular weight is 381 g/mol. The summed E-state index contributed by atoms with van der Waals surface area (Å²) in [5.41, 5.74) is 4.26. The van der Waals surface area contributed by atoms with E-state index in [-0.39, 0.29) is 0 Å². The van der Waals surface area contributed by atoms with E-state index in [1.54, 1.807) is 29.4 Å². The number of rotatable bonds is 4. The van der Waals surface area contributed by atoms with E-state index in [0.29, 0.717) is 22.5 Å². The minimum absolute atomic E-state index is 0.497. The van der Waals surface area contributed by atoms with Gasteiger partial charge in [0.25, 0.3) is 0 Å². The van der Waals surface area contributed by atoms with E-state index in [1.165, 1.54) is 0 Å². The first kappa shape index (κ1) is 18.4. The topological polar surface area (TPSA) is 85.1 Å². The molecule has 2 N–H and O–H groups in total. The van der Waals surface area contributed by atoms with Crippen molar-refractivity contribution in [3.63, 3.8) is 0 Å². The predicted molar refractivity (Wildman–Crippen MR) is 114 cm³/mol. The van der Waals surface area contributed by atoms with Gasteiger partial charge in [-0.15, -0.1) is 0 Å². The largest absolute Gasteiger partial charge is 0.388 e. The number of aromatic nitrogens is 2. The molecule has 1 atom stereocenters. The molecule has 6 heteroatoms. The molecule has 0 bridgehead atoms. The molecule has 1 aliphatic heterocycles. The summed E-state index contributed by atoms with van der Waals surface area (Å²) in [4.78, 5) is 10.5. The molecule has 0 fully saturated rings. The fourth-order valence-corrected chi connectivity index (χ4v) is 3.31. The van der Waals surface area contributed by atoms with Crippen LogP contribution < -0.4 is 10.2 Å². The highest BCUT2D eigenvalue weighted by Gasteiger charge is 2.27. The number of aliphatic hydroxyl groups is 1. The normalized spacial score (nSPS) is 15.9. The predicted octanol–water partition coefficient (Wildman–Crippen LogP) is 3.65. The maximum Gasteiger partial charge on any atom is 0.160 e. The van der Waals surface area contributed by atoms with Crippen LogP contribution >= 0.6 is 0 Å². The van der Waals surface area contributed by atoms with Crippen molar-refractivity contribution in [2.45, 2.75) is 6.23 Å². The average Bonchev–Trinajstić information content (AvgIpc) is 2.80. The molecule has 0 aliphatic carbocycles. The molecular formula is C23H19N5O. The van der Waals surface area contributed by atoms with Crippen molar-refractivity contribution in [1.29, 1.82) is 5.26 Å². The van der Waals surface area contributed by atoms with Gasteiger partial charge in [0.15, 0.2) is 12.1 Å². The summed E-state index contributed by atoms with van der Waals surface area (Å²) in [6, 6.07) is 18.9. The van der Waals surface area contributed by atoms with Crippen molar-refractivity contribution in [2.75, 3.05) is 17.3 Å². The summed E-state index contributed by atoms with van der Waals surface area (Å²) in [5.74, 6) is 0.543. The maximum atomic E-state index is 11.2. The summed E-state index contributed by atoms with van der Waals surface area (Å²) < 4.78 is 0. The Kier molecular flexibility index (Phi) is 5.06.